The van der Waals surface area contributed by atoms with Crippen LogP contribution in [0.5, 0.6) is 11.5 Å². The molecule has 2 N–H and O–H groups in total. The lowest BCUT2D eigenvalue weighted by atomic mass is 10.0. The fourth-order valence-corrected chi connectivity index (χ4v) is 6.54. The van der Waals surface area contributed by atoms with Gasteiger partial charge in [0.15, 0.2) is 30.4 Å². The Morgan fingerprint density at radius 3 is 2.70 bits per heavy atom. The van der Waals surface area contributed by atoms with E-state index in [-0.39, 0.29) is 67.2 Å². The first kappa shape index (κ1) is 38.1. The zero-order valence-corrected chi connectivity index (χ0v) is 31.0. The van der Waals surface area contributed by atoms with Crippen LogP contribution in [0.1, 0.15) is 45.7 Å². The third-order valence-electron chi connectivity index (χ3n) is 9.14. The third-order valence-corrected chi connectivity index (χ3v) is 9.14. The number of allylic oxidation sites excluding steroid dienone is 1. The highest BCUT2D eigenvalue weighted by molar-refractivity contribution is 5.77. The van der Waals surface area contributed by atoms with Gasteiger partial charge in [-0.25, -0.2) is 23.7 Å². The van der Waals surface area contributed by atoms with Crippen molar-refractivity contribution in [2.75, 3.05) is 70.6 Å². The van der Waals surface area contributed by atoms with Gasteiger partial charge in [0.2, 0.25) is 5.95 Å². The van der Waals surface area contributed by atoms with E-state index < -0.39 is 11.4 Å². The predicted octanol–water partition coefficient (Wildman–Crippen LogP) is 4.32. The fraction of sp³-hybridized carbons (Fsp3) is 0.514. The number of pyridine rings is 1. The van der Waals surface area contributed by atoms with Gasteiger partial charge in [0.05, 0.1) is 18.8 Å². The van der Waals surface area contributed by atoms with Crippen LogP contribution in [0.25, 0.3) is 16.9 Å². The van der Waals surface area contributed by atoms with Gasteiger partial charge < -0.3 is 43.9 Å². The summed E-state index contributed by atoms with van der Waals surface area (Å²) < 4.78 is 47.8. The predicted molar refractivity (Wildman–Crippen MR) is 198 cm³/mol. The molecule has 0 spiro atoms. The summed E-state index contributed by atoms with van der Waals surface area (Å²) in [6.07, 6.45) is 5.62. The minimum atomic E-state index is -1.34. The van der Waals surface area contributed by atoms with Crippen LogP contribution in [0.4, 0.5) is 21.7 Å². The molecule has 16 heteroatoms. The average molecular weight is 737 g/mol. The molecule has 3 aromatic heterocycles. The molecule has 2 atom stereocenters. The summed E-state index contributed by atoms with van der Waals surface area (Å²) >= 11 is 0. The summed E-state index contributed by atoms with van der Waals surface area (Å²) in [5.74, 6) is 0.589. The van der Waals surface area contributed by atoms with Crippen LogP contribution in [-0.2, 0) is 26.4 Å². The first-order valence-corrected chi connectivity index (χ1v) is 17.8. The molecule has 0 aliphatic carbocycles. The van der Waals surface area contributed by atoms with E-state index in [1.54, 1.807) is 38.1 Å². The number of benzene rings is 1. The quantitative estimate of drug-likeness (QED) is 0.101. The Hall–Kier alpha value is -4.61. The van der Waals surface area contributed by atoms with E-state index >= 15 is 4.39 Å². The fourth-order valence-electron chi connectivity index (χ4n) is 6.54. The van der Waals surface area contributed by atoms with E-state index in [4.69, 9.17) is 28.7 Å². The number of hydrogen-bond donors (Lipinski definition) is 2. The topological polar surface area (TPSA) is 150 Å². The van der Waals surface area contributed by atoms with Crippen molar-refractivity contribution in [2.24, 2.45) is 0 Å². The summed E-state index contributed by atoms with van der Waals surface area (Å²) in [5.41, 5.74) is -0.494. The number of piperazine rings is 1. The van der Waals surface area contributed by atoms with E-state index in [2.05, 4.69) is 40.7 Å². The molecule has 6 rings (SSSR count). The molecular formula is C37H49FN8O7. The maximum absolute atomic E-state index is 16.2. The number of rotatable bonds is 15. The highest BCUT2D eigenvalue weighted by atomic mass is 19.1. The Labute approximate surface area is 307 Å². The van der Waals surface area contributed by atoms with E-state index in [9.17, 15) is 9.90 Å². The van der Waals surface area contributed by atoms with Gasteiger partial charge in [-0.1, -0.05) is 6.08 Å². The van der Waals surface area contributed by atoms with Crippen LogP contribution < -0.4 is 25.2 Å². The van der Waals surface area contributed by atoms with Crippen LogP contribution >= 0.6 is 0 Å². The summed E-state index contributed by atoms with van der Waals surface area (Å²) in [4.78, 5) is 31.7. The molecule has 5 heterocycles. The molecule has 0 bridgehead atoms. The van der Waals surface area contributed by atoms with Crippen LogP contribution in [-0.4, -0.2) is 107 Å². The normalized spacial score (nSPS) is 18.4. The van der Waals surface area contributed by atoms with Gasteiger partial charge in [-0.3, -0.25) is 4.79 Å². The minimum absolute atomic E-state index is 0.0438. The number of ether oxygens (including phenoxy) is 5. The highest BCUT2D eigenvalue weighted by Gasteiger charge is 2.28. The molecular weight excluding hydrogens is 687 g/mol. The summed E-state index contributed by atoms with van der Waals surface area (Å²) in [6, 6.07) is 6.36. The zero-order valence-electron chi connectivity index (χ0n) is 31.0. The first-order chi connectivity index (χ1) is 25.5. The van der Waals surface area contributed by atoms with Gasteiger partial charge in [0.25, 0.3) is 5.56 Å². The molecule has 2 fully saturated rings. The van der Waals surface area contributed by atoms with Crippen molar-refractivity contribution < 1.29 is 33.2 Å². The number of aliphatic hydroxyl groups is 1. The van der Waals surface area contributed by atoms with Crippen molar-refractivity contribution >= 4 is 28.4 Å². The molecule has 53 heavy (non-hydrogen) atoms. The van der Waals surface area contributed by atoms with Crippen LogP contribution in [0.2, 0.25) is 0 Å². The lowest BCUT2D eigenvalue weighted by Gasteiger charge is -2.40. The summed E-state index contributed by atoms with van der Waals surface area (Å²) in [6.45, 7) is 12.5. The number of nitrogens with one attached hydrogen (secondary N) is 1. The lowest BCUT2D eigenvalue weighted by Crippen LogP contribution is -2.51. The monoisotopic (exact) mass is 736 g/mol. The summed E-state index contributed by atoms with van der Waals surface area (Å²) in [7, 11) is 3.55. The second-order valence-corrected chi connectivity index (χ2v) is 13.8. The maximum atomic E-state index is 16.2. The van der Waals surface area contributed by atoms with E-state index in [0.717, 1.165) is 32.4 Å². The van der Waals surface area contributed by atoms with E-state index in [1.165, 1.54) is 28.7 Å². The number of nitrogens with zero attached hydrogens (tertiary/aromatic N) is 7. The number of halogens is 1. The number of hydrogen-bond acceptors (Lipinski definition) is 13. The van der Waals surface area contributed by atoms with Gasteiger partial charge >= 0.3 is 0 Å². The standard InChI is InChI=1S/C37H49FN8O7/c1-7-11-45-35(47)27-21-39-36(42-34(27)46(45)31-20-26(53-23-49-6)19-30(41-31)37(3,4)48)40-25-17-28(38)33(44-13-12-43(5)22-24(44)2)29(18-25)50-15-16-52-32-10-8-9-14-51-32/h7,17-21,24,32,48H,1,8-16,22-23H2,2-6H3,(H,39,40,42)/t24-,32?/m0/s1. The second kappa shape index (κ2) is 16.6. The third kappa shape index (κ3) is 8.79. The van der Waals surface area contributed by atoms with Crippen LogP contribution in [0.15, 0.2) is 47.9 Å². The van der Waals surface area contributed by atoms with Crippen molar-refractivity contribution in [2.45, 2.75) is 64.5 Å². The largest absolute Gasteiger partial charge is 0.489 e. The van der Waals surface area contributed by atoms with E-state index in [0.29, 0.717) is 41.7 Å². The van der Waals surface area contributed by atoms with Crippen molar-refractivity contribution in [1.82, 2.24) is 29.2 Å². The molecule has 15 nitrogen and oxygen atoms in total. The molecule has 2 saturated heterocycles. The van der Waals surface area contributed by atoms with Crippen molar-refractivity contribution in [1.29, 1.82) is 0 Å². The smallest absolute Gasteiger partial charge is 0.278 e. The number of fused-ring (bicyclic) bond motifs is 1. The molecule has 2 aliphatic heterocycles. The Morgan fingerprint density at radius 1 is 1.15 bits per heavy atom. The molecule has 1 aromatic carbocycles. The number of aromatic nitrogens is 5. The first-order valence-electron chi connectivity index (χ1n) is 17.8. The van der Waals surface area contributed by atoms with Gasteiger partial charge in [-0.2, -0.15) is 4.98 Å². The SMILES string of the molecule is C=CCn1c(=O)c2cnc(Nc3cc(F)c(N4CCN(C)C[C@@H]4C)c(OCCOC4CCCCO4)c3)nc2n1-c1cc(OCOC)cc(C(C)(C)O)n1. The van der Waals surface area contributed by atoms with Crippen molar-refractivity contribution in [3.05, 3.63) is 65.0 Å². The van der Waals surface area contributed by atoms with Gasteiger partial charge in [0.1, 0.15) is 34.8 Å². The van der Waals surface area contributed by atoms with Gasteiger partial charge in [0, 0.05) is 69.5 Å². The highest BCUT2D eigenvalue weighted by Crippen LogP contribution is 2.38. The minimum Gasteiger partial charge on any atom is -0.489 e. The lowest BCUT2D eigenvalue weighted by molar-refractivity contribution is -0.165. The van der Waals surface area contributed by atoms with Crippen LogP contribution in [0.3, 0.4) is 0 Å². The van der Waals surface area contributed by atoms with Crippen molar-refractivity contribution in [3.63, 3.8) is 0 Å². The van der Waals surface area contributed by atoms with Crippen molar-refractivity contribution in [3.8, 4) is 17.3 Å². The van der Waals surface area contributed by atoms with E-state index in [1.807, 2.05) is 4.90 Å². The second-order valence-electron chi connectivity index (χ2n) is 13.8. The average Bonchev–Trinajstić information content (AvgIpc) is 3.39. The Balaban J connectivity index is 1.36. The Bertz CT molecular complexity index is 1960. The number of methoxy groups -OCH3 is 1. The maximum Gasteiger partial charge on any atom is 0.278 e. The molecule has 4 aromatic rings. The van der Waals surface area contributed by atoms with Gasteiger partial charge in [-0.15, -0.1) is 6.58 Å². The Morgan fingerprint density at radius 2 is 1.98 bits per heavy atom. The molecule has 0 radical (unpaired) electrons. The number of anilines is 3. The Kier molecular flexibility index (Phi) is 11.9. The molecule has 286 valence electrons. The summed E-state index contributed by atoms with van der Waals surface area (Å²) in [5, 5.41) is 14.2. The van der Waals surface area contributed by atoms with Gasteiger partial charge in [-0.05, 0) is 53.1 Å². The number of likely N-dealkylation sites (N-methyl/N-ethyl adjacent to an activating group) is 1. The molecule has 2 aliphatic rings. The zero-order chi connectivity index (χ0) is 37.7. The molecule has 1 unspecified atom stereocenters. The molecule has 0 saturated carbocycles. The van der Waals surface area contributed by atoms with Crippen LogP contribution in [0, 0.1) is 5.82 Å². The molecule has 0 amide bonds.